The molecule has 5 rings (SSSR count). The van der Waals surface area contributed by atoms with E-state index in [-0.39, 0.29) is 37.0 Å². The number of rotatable bonds is 4. The van der Waals surface area contributed by atoms with Crippen LogP contribution in [0.4, 0.5) is 5.69 Å². The monoisotopic (exact) mass is 413 g/mol. The summed E-state index contributed by atoms with van der Waals surface area (Å²) in [5.74, 6) is 1.05. The molecule has 0 bridgehead atoms. The van der Waals surface area contributed by atoms with E-state index in [9.17, 15) is 9.59 Å². The molecular formula is C23H31N3O4. The zero-order valence-electron chi connectivity index (χ0n) is 17.5. The van der Waals surface area contributed by atoms with Crippen molar-refractivity contribution in [1.29, 1.82) is 0 Å². The molecular weight excluding hydrogens is 382 g/mol. The van der Waals surface area contributed by atoms with Gasteiger partial charge < -0.3 is 19.7 Å². The third-order valence-electron chi connectivity index (χ3n) is 7.07. The first-order valence-electron chi connectivity index (χ1n) is 11.4. The van der Waals surface area contributed by atoms with Gasteiger partial charge in [0.25, 0.3) is 0 Å². The van der Waals surface area contributed by atoms with E-state index in [0.29, 0.717) is 24.1 Å². The summed E-state index contributed by atoms with van der Waals surface area (Å²) in [4.78, 5) is 29.8. The van der Waals surface area contributed by atoms with Crippen molar-refractivity contribution in [1.82, 2.24) is 10.2 Å². The highest BCUT2D eigenvalue weighted by atomic mass is 16.7. The van der Waals surface area contributed by atoms with Crippen LogP contribution >= 0.6 is 0 Å². The fourth-order valence-electron chi connectivity index (χ4n) is 5.36. The number of anilines is 1. The predicted molar refractivity (Wildman–Crippen MR) is 113 cm³/mol. The number of nitrogens with one attached hydrogen (secondary N) is 1. The summed E-state index contributed by atoms with van der Waals surface area (Å²) in [7, 11) is 0. The molecule has 1 saturated carbocycles. The highest BCUT2D eigenvalue weighted by Crippen LogP contribution is 2.37. The molecule has 2 amide bonds. The molecule has 0 spiro atoms. The lowest BCUT2D eigenvalue weighted by Gasteiger charge is -2.27. The molecule has 1 aliphatic carbocycles. The molecule has 3 fully saturated rings. The smallest absolute Gasteiger partial charge is 0.231 e. The number of fused-ring (bicyclic) bond motifs is 1. The minimum Gasteiger partial charge on any atom is -0.454 e. The van der Waals surface area contributed by atoms with Crippen LogP contribution in [0.3, 0.4) is 0 Å². The number of hydrogen-bond acceptors (Lipinski definition) is 5. The van der Waals surface area contributed by atoms with Crippen molar-refractivity contribution in [3.05, 3.63) is 18.2 Å². The van der Waals surface area contributed by atoms with E-state index in [1.165, 1.54) is 38.5 Å². The molecule has 7 heteroatoms. The molecule has 4 aliphatic rings. The first-order valence-corrected chi connectivity index (χ1v) is 11.4. The zero-order chi connectivity index (χ0) is 20.5. The summed E-state index contributed by atoms with van der Waals surface area (Å²) in [5.41, 5.74) is 0.764. The Labute approximate surface area is 177 Å². The van der Waals surface area contributed by atoms with Gasteiger partial charge in [-0.1, -0.05) is 25.7 Å². The van der Waals surface area contributed by atoms with Crippen LogP contribution in [0.25, 0.3) is 0 Å². The highest BCUT2D eigenvalue weighted by molar-refractivity contribution is 6.00. The van der Waals surface area contributed by atoms with Crippen LogP contribution in [-0.4, -0.2) is 55.2 Å². The third-order valence-corrected chi connectivity index (χ3v) is 7.07. The SMILES string of the molecule is O=C(NC1CCN(C2CCCCCC2)C1)C1CC(=O)N(c2ccc3c(c2)OCO3)C1. The molecule has 0 aromatic heterocycles. The minimum atomic E-state index is -0.296. The van der Waals surface area contributed by atoms with Crippen molar-refractivity contribution >= 4 is 17.5 Å². The van der Waals surface area contributed by atoms with Gasteiger partial charge in [-0.25, -0.2) is 0 Å². The number of hydrogen-bond donors (Lipinski definition) is 1. The molecule has 2 unspecified atom stereocenters. The van der Waals surface area contributed by atoms with Gasteiger partial charge in [-0.2, -0.15) is 0 Å². The van der Waals surface area contributed by atoms with Gasteiger partial charge in [0.1, 0.15) is 0 Å². The van der Waals surface area contributed by atoms with Gasteiger partial charge in [0.15, 0.2) is 11.5 Å². The summed E-state index contributed by atoms with van der Waals surface area (Å²) in [5, 5.41) is 3.24. The Morgan fingerprint density at radius 2 is 1.80 bits per heavy atom. The summed E-state index contributed by atoms with van der Waals surface area (Å²) < 4.78 is 10.8. The first kappa shape index (κ1) is 19.7. The van der Waals surface area contributed by atoms with Crippen LogP contribution in [0.15, 0.2) is 18.2 Å². The molecule has 2 atom stereocenters. The molecule has 0 radical (unpaired) electrons. The Morgan fingerprint density at radius 1 is 1.00 bits per heavy atom. The van der Waals surface area contributed by atoms with Crippen molar-refractivity contribution in [2.24, 2.45) is 5.92 Å². The van der Waals surface area contributed by atoms with E-state index in [0.717, 1.165) is 25.2 Å². The van der Waals surface area contributed by atoms with Crippen molar-refractivity contribution in [2.45, 2.75) is 63.5 Å². The maximum absolute atomic E-state index is 12.9. The maximum atomic E-state index is 12.9. The van der Waals surface area contributed by atoms with Crippen LogP contribution in [0.5, 0.6) is 11.5 Å². The Kier molecular flexibility index (Phi) is 5.54. The lowest BCUT2D eigenvalue weighted by atomic mass is 10.1. The van der Waals surface area contributed by atoms with Crippen molar-refractivity contribution in [3.63, 3.8) is 0 Å². The topological polar surface area (TPSA) is 71.1 Å². The second kappa shape index (κ2) is 8.46. The summed E-state index contributed by atoms with van der Waals surface area (Å²) >= 11 is 0. The van der Waals surface area contributed by atoms with Crippen molar-refractivity contribution < 1.29 is 19.1 Å². The number of ether oxygens (including phenoxy) is 2. The van der Waals surface area contributed by atoms with E-state index in [2.05, 4.69) is 10.2 Å². The second-order valence-electron chi connectivity index (χ2n) is 9.08. The molecule has 7 nitrogen and oxygen atoms in total. The molecule has 30 heavy (non-hydrogen) atoms. The van der Waals surface area contributed by atoms with Crippen LogP contribution in [0.1, 0.15) is 51.4 Å². The molecule has 1 aromatic carbocycles. The van der Waals surface area contributed by atoms with Gasteiger partial charge in [-0.3, -0.25) is 14.5 Å². The lowest BCUT2D eigenvalue weighted by Crippen LogP contribution is -2.42. The third kappa shape index (κ3) is 4.00. The second-order valence-corrected chi connectivity index (χ2v) is 9.08. The van der Waals surface area contributed by atoms with Crippen LogP contribution in [0, 0.1) is 5.92 Å². The average Bonchev–Trinajstić information content (AvgIpc) is 3.43. The fourth-order valence-corrected chi connectivity index (χ4v) is 5.36. The number of carbonyl (C=O) groups excluding carboxylic acids is 2. The van der Waals surface area contributed by atoms with E-state index in [1.54, 1.807) is 4.90 Å². The molecule has 162 valence electrons. The highest BCUT2D eigenvalue weighted by Gasteiger charge is 2.37. The Morgan fingerprint density at radius 3 is 2.63 bits per heavy atom. The summed E-state index contributed by atoms with van der Waals surface area (Å²) in [6, 6.07) is 6.38. The number of amides is 2. The largest absolute Gasteiger partial charge is 0.454 e. The summed E-state index contributed by atoms with van der Waals surface area (Å²) in [6.45, 7) is 2.64. The molecule has 1 aromatic rings. The molecule has 3 aliphatic heterocycles. The normalized spacial score (nSPS) is 27.5. The first-order chi connectivity index (χ1) is 14.7. The summed E-state index contributed by atoms with van der Waals surface area (Å²) in [6.07, 6.45) is 9.25. The number of carbonyl (C=O) groups is 2. The standard InChI is InChI=1S/C23H31N3O4/c27-22-11-16(13-26(22)19-7-8-20-21(12-19)30-15-29-20)23(28)24-17-9-10-25(14-17)18-5-3-1-2-4-6-18/h7-8,12,16-18H,1-6,9-11,13-15H2,(H,24,28). The number of likely N-dealkylation sites (tertiary alicyclic amines) is 1. The van der Waals surface area contributed by atoms with Crippen molar-refractivity contribution in [3.8, 4) is 11.5 Å². The van der Waals surface area contributed by atoms with E-state index < -0.39 is 0 Å². The van der Waals surface area contributed by atoms with Gasteiger partial charge in [0.2, 0.25) is 18.6 Å². The van der Waals surface area contributed by atoms with E-state index in [4.69, 9.17) is 9.47 Å². The Hall–Kier alpha value is -2.28. The van der Waals surface area contributed by atoms with Gasteiger partial charge in [-0.15, -0.1) is 0 Å². The molecule has 1 N–H and O–H groups in total. The van der Waals surface area contributed by atoms with Gasteiger partial charge in [0.05, 0.1) is 5.92 Å². The lowest BCUT2D eigenvalue weighted by molar-refractivity contribution is -0.126. The van der Waals surface area contributed by atoms with Crippen molar-refractivity contribution in [2.75, 3.05) is 31.3 Å². The minimum absolute atomic E-state index is 0.0132. The van der Waals surface area contributed by atoms with Crippen LogP contribution in [-0.2, 0) is 9.59 Å². The van der Waals surface area contributed by atoms with Gasteiger partial charge >= 0.3 is 0 Å². The Bertz CT molecular complexity index is 806. The average molecular weight is 414 g/mol. The fraction of sp³-hybridized carbons (Fsp3) is 0.652. The maximum Gasteiger partial charge on any atom is 0.231 e. The van der Waals surface area contributed by atoms with Crippen LogP contribution < -0.4 is 19.7 Å². The van der Waals surface area contributed by atoms with Crippen LogP contribution in [0.2, 0.25) is 0 Å². The van der Waals surface area contributed by atoms with Gasteiger partial charge in [0, 0.05) is 49.9 Å². The number of nitrogens with zero attached hydrogens (tertiary/aromatic N) is 2. The Balaban J connectivity index is 1.16. The van der Waals surface area contributed by atoms with E-state index in [1.807, 2.05) is 18.2 Å². The zero-order valence-corrected chi connectivity index (χ0v) is 17.5. The number of benzene rings is 1. The molecule has 3 heterocycles. The quantitative estimate of drug-likeness (QED) is 0.769. The van der Waals surface area contributed by atoms with E-state index >= 15 is 0 Å². The predicted octanol–water partition coefficient (Wildman–Crippen LogP) is 2.68. The molecule has 2 saturated heterocycles. The van der Waals surface area contributed by atoms with Gasteiger partial charge in [-0.05, 0) is 31.4 Å².